The molecule has 0 fully saturated rings. The Bertz CT molecular complexity index is 550. The normalized spacial score (nSPS) is 10.8. The zero-order valence-corrected chi connectivity index (χ0v) is 10.9. The lowest BCUT2D eigenvalue weighted by Crippen LogP contribution is -2.05. The molecular weight excluding hydrogens is 226 g/mol. The average molecular weight is 245 g/mol. The molecule has 0 bridgehead atoms. The quantitative estimate of drug-likeness (QED) is 0.820. The topological polar surface area (TPSA) is 61.7 Å². The molecule has 0 amide bonds. The van der Waals surface area contributed by atoms with Gasteiger partial charge in [0.25, 0.3) is 0 Å². The molecule has 18 heavy (non-hydrogen) atoms. The van der Waals surface area contributed by atoms with E-state index in [0.717, 1.165) is 30.0 Å². The minimum absolute atomic E-state index is 0.683. The van der Waals surface area contributed by atoms with Crippen LogP contribution in [0, 0.1) is 0 Å². The van der Waals surface area contributed by atoms with Crippen LogP contribution in [0.25, 0.3) is 11.3 Å². The van der Waals surface area contributed by atoms with Gasteiger partial charge >= 0.3 is 0 Å². The fourth-order valence-corrected chi connectivity index (χ4v) is 1.99. The number of hydrogen-bond donors (Lipinski definition) is 1. The van der Waals surface area contributed by atoms with Gasteiger partial charge in [0.2, 0.25) is 0 Å². The maximum Gasteiger partial charge on any atom is 0.132 e. The lowest BCUT2D eigenvalue weighted by molar-refractivity contribution is 0.660. The number of rotatable bonds is 5. The van der Waals surface area contributed by atoms with E-state index in [0.29, 0.717) is 12.4 Å². The second kappa shape index (κ2) is 5.08. The summed E-state index contributed by atoms with van der Waals surface area (Å²) in [5.41, 5.74) is 7.94. The van der Waals surface area contributed by atoms with Gasteiger partial charge in [-0.15, -0.1) is 6.58 Å². The van der Waals surface area contributed by atoms with E-state index >= 15 is 0 Å². The monoisotopic (exact) mass is 245 g/mol. The van der Waals surface area contributed by atoms with Crippen LogP contribution in [0.1, 0.15) is 19.7 Å². The summed E-state index contributed by atoms with van der Waals surface area (Å²) in [5, 5.41) is 4.25. The van der Waals surface area contributed by atoms with Crippen LogP contribution >= 0.6 is 0 Å². The van der Waals surface area contributed by atoms with Gasteiger partial charge in [-0.05, 0) is 6.92 Å². The van der Waals surface area contributed by atoms with Gasteiger partial charge in [0.05, 0.1) is 6.20 Å². The van der Waals surface area contributed by atoms with Gasteiger partial charge in [0, 0.05) is 31.3 Å². The zero-order chi connectivity index (χ0) is 13.1. The molecule has 0 aliphatic heterocycles. The number of nitrogens with two attached hydrogens (primary N) is 1. The molecule has 0 spiro atoms. The van der Waals surface area contributed by atoms with Crippen molar-refractivity contribution in [1.82, 2.24) is 19.3 Å². The summed E-state index contributed by atoms with van der Waals surface area (Å²) in [4.78, 5) is 4.60. The van der Waals surface area contributed by atoms with Crippen molar-refractivity contribution in [3.63, 3.8) is 0 Å². The molecule has 0 saturated heterocycles. The first-order valence-corrected chi connectivity index (χ1v) is 6.19. The highest BCUT2D eigenvalue weighted by atomic mass is 15.3. The fraction of sp³-hybridized carbons (Fsp3) is 0.385. The van der Waals surface area contributed by atoms with E-state index in [2.05, 4.69) is 23.6 Å². The van der Waals surface area contributed by atoms with Gasteiger partial charge in [-0.1, -0.05) is 13.0 Å². The van der Waals surface area contributed by atoms with Crippen molar-refractivity contribution in [2.45, 2.75) is 33.4 Å². The average Bonchev–Trinajstić information content (AvgIpc) is 2.96. The number of nitrogens with zero attached hydrogens (tertiary/aromatic N) is 4. The van der Waals surface area contributed by atoms with Crippen LogP contribution in [0.2, 0.25) is 0 Å². The summed E-state index contributed by atoms with van der Waals surface area (Å²) in [5.74, 6) is 1.66. The number of nitrogen functional groups attached to an aromatic ring is 1. The van der Waals surface area contributed by atoms with Crippen molar-refractivity contribution in [2.24, 2.45) is 0 Å². The third kappa shape index (κ3) is 2.03. The SMILES string of the molecule is C=CCn1c(CC)nc(-c2cnn(CC)c2)c1N. The predicted octanol–water partition coefficient (Wildman–Crippen LogP) is 2.10. The van der Waals surface area contributed by atoms with Gasteiger partial charge in [-0.3, -0.25) is 4.68 Å². The van der Waals surface area contributed by atoms with Gasteiger partial charge < -0.3 is 10.3 Å². The zero-order valence-electron chi connectivity index (χ0n) is 10.9. The largest absolute Gasteiger partial charge is 0.383 e. The summed E-state index contributed by atoms with van der Waals surface area (Å²) in [6.45, 7) is 9.40. The van der Waals surface area contributed by atoms with Crippen LogP contribution in [0.5, 0.6) is 0 Å². The van der Waals surface area contributed by atoms with E-state index < -0.39 is 0 Å². The van der Waals surface area contributed by atoms with Crippen molar-refractivity contribution in [2.75, 3.05) is 5.73 Å². The first-order chi connectivity index (χ1) is 8.71. The Morgan fingerprint density at radius 2 is 2.22 bits per heavy atom. The number of imidazole rings is 1. The van der Waals surface area contributed by atoms with Crippen LogP contribution < -0.4 is 5.73 Å². The van der Waals surface area contributed by atoms with E-state index in [1.165, 1.54) is 0 Å². The minimum Gasteiger partial charge on any atom is -0.383 e. The van der Waals surface area contributed by atoms with Crippen molar-refractivity contribution in [1.29, 1.82) is 0 Å². The molecule has 0 aliphatic carbocycles. The maximum atomic E-state index is 6.16. The highest BCUT2D eigenvalue weighted by Gasteiger charge is 2.15. The van der Waals surface area contributed by atoms with E-state index in [1.54, 1.807) is 6.20 Å². The Labute approximate surface area is 107 Å². The van der Waals surface area contributed by atoms with Crippen LogP contribution in [-0.2, 0) is 19.5 Å². The molecule has 0 aromatic carbocycles. The molecule has 2 N–H and O–H groups in total. The third-order valence-corrected chi connectivity index (χ3v) is 2.94. The van der Waals surface area contributed by atoms with Crippen molar-refractivity contribution in [3.8, 4) is 11.3 Å². The fourth-order valence-electron chi connectivity index (χ4n) is 1.99. The molecule has 2 aromatic heterocycles. The molecule has 0 aliphatic rings. The molecule has 5 nitrogen and oxygen atoms in total. The summed E-state index contributed by atoms with van der Waals surface area (Å²) in [6, 6.07) is 0. The number of aryl methyl sites for hydroxylation is 2. The molecule has 0 unspecified atom stereocenters. The highest BCUT2D eigenvalue weighted by Crippen LogP contribution is 2.26. The number of hydrogen-bond acceptors (Lipinski definition) is 3. The Morgan fingerprint density at radius 1 is 1.44 bits per heavy atom. The Hall–Kier alpha value is -2.04. The summed E-state index contributed by atoms with van der Waals surface area (Å²) < 4.78 is 3.86. The first kappa shape index (κ1) is 12.4. The highest BCUT2D eigenvalue weighted by molar-refractivity contribution is 5.70. The summed E-state index contributed by atoms with van der Waals surface area (Å²) in [6.07, 6.45) is 6.45. The van der Waals surface area contributed by atoms with Crippen LogP contribution in [-0.4, -0.2) is 19.3 Å². The smallest absolute Gasteiger partial charge is 0.132 e. The maximum absolute atomic E-state index is 6.16. The molecule has 2 aromatic rings. The molecule has 0 radical (unpaired) electrons. The molecular formula is C13H19N5. The minimum atomic E-state index is 0.683. The van der Waals surface area contributed by atoms with Gasteiger partial charge in [0.1, 0.15) is 17.3 Å². The Morgan fingerprint density at radius 3 is 2.78 bits per heavy atom. The van der Waals surface area contributed by atoms with Crippen molar-refractivity contribution >= 4 is 5.82 Å². The lowest BCUT2D eigenvalue weighted by atomic mass is 10.2. The third-order valence-electron chi connectivity index (χ3n) is 2.94. The molecule has 96 valence electrons. The van der Waals surface area contributed by atoms with Gasteiger partial charge in [-0.25, -0.2) is 4.98 Å². The molecule has 0 saturated carbocycles. The molecule has 2 rings (SSSR count). The lowest BCUT2D eigenvalue weighted by Gasteiger charge is -2.04. The number of aromatic nitrogens is 4. The summed E-state index contributed by atoms with van der Waals surface area (Å²) in [7, 11) is 0. The molecule has 5 heteroatoms. The Kier molecular flexibility index (Phi) is 3.50. The van der Waals surface area contributed by atoms with Crippen LogP contribution in [0.3, 0.4) is 0 Å². The van der Waals surface area contributed by atoms with E-state index in [1.807, 2.05) is 28.4 Å². The van der Waals surface area contributed by atoms with E-state index in [-0.39, 0.29) is 0 Å². The van der Waals surface area contributed by atoms with E-state index in [4.69, 9.17) is 5.73 Å². The number of anilines is 1. The predicted molar refractivity (Wildman–Crippen MR) is 73.1 cm³/mol. The standard InChI is InChI=1S/C13H19N5/c1-4-7-18-11(5-2)16-12(13(18)14)10-8-15-17(6-3)9-10/h4,8-9H,1,5-7,14H2,2-3H3. The van der Waals surface area contributed by atoms with Crippen molar-refractivity contribution in [3.05, 3.63) is 30.9 Å². The second-order valence-corrected chi connectivity index (χ2v) is 4.10. The summed E-state index contributed by atoms with van der Waals surface area (Å²) >= 11 is 0. The Balaban J connectivity index is 2.47. The van der Waals surface area contributed by atoms with Crippen LogP contribution in [0.4, 0.5) is 5.82 Å². The van der Waals surface area contributed by atoms with Gasteiger partial charge in [-0.2, -0.15) is 5.10 Å². The first-order valence-electron chi connectivity index (χ1n) is 6.19. The number of allylic oxidation sites excluding steroid dienone is 1. The molecule has 2 heterocycles. The van der Waals surface area contributed by atoms with Crippen molar-refractivity contribution < 1.29 is 0 Å². The second-order valence-electron chi connectivity index (χ2n) is 4.10. The van der Waals surface area contributed by atoms with Gasteiger partial charge in [0.15, 0.2) is 0 Å². The van der Waals surface area contributed by atoms with Crippen LogP contribution in [0.15, 0.2) is 25.0 Å². The molecule has 0 atom stereocenters. The van der Waals surface area contributed by atoms with E-state index in [9.17, 15) is 0 Å².